The van der Waals surface area contributed by atoms with E-state index in [-0.39, 0.29) is 31.1 Å². The summed E-state index contributed by atoms with van der Waals surface area (Å²) in [6.07, 6.45) is 0. The Morgan fingerprint density at radius 1 is 1.10 bits per heavy atom. The van der Waals surface area contributed by atoms with Crippen LogP contribution in [0, 0.1) is 12.7 Å². The monoisotopic (exact) mass is 578 g/mol. The molecule has 0 radical (unpaired) electrons. The summed E-state index contributed by atoms with van der Waals surface area (Å²) >= 11 is 0. The molecule has 9 nitrogen and oxygen atoms in total. The first kappa shape index (κ1) is 27.3. The third-order valence-corrected chi connectivity index (χ3v) is 10.1. The number of amides is 2. The molecule has 2 N–H and O–H groups in total. The number of halogens is 1. The van der Waals surface area contributed by atoms with E-state index >= 15 is 0 Å². The predicted octanol–water partition coefficient (Wildman–Crippen LogP) is 4.16. The second-order valence-electron chi connectivity index (χ2n) is 10.8. The van der Waals surface area contributed by atoms with Crippen molar-refractivity contribution in [2.75, 3.05) is 38.7 Å². The summed E-state index contributed by atoms with van der Waals surface area (Å²) in [6.45, 7) is 2.02. The number of carbonyl (C=O) groups excluding carboxylic acids is 1. The van der Waals surface area contributed by atoms with Gasteiger partial charge in [-0.05, 0) is 66.6 Å². The van der Waals surface area contributed by atoms with E-state index in [0.717, 1.165) is 27.7 Å². The van der Waals surface area contributed by atoms with E-state index < -0.39 is 33.3 Å². The number of benzene rings is 3. The van der Waals surface area contributed by atoms with Crippen molar-refractivity contribution < 1.29 is 27.4 Å². The average Bonchev–Trinajstić information content (AvgIpc) is 3.24. The number of rotatable bonds is 5. The summed E-state index contributed by atoms with van der Waals surface area (Å²) in [4.78, 5) is 15.5. The fraction of sp³-hybridized carbons (Fsp3) is 0.300. The summed E-state index contributed by atoms with van der Waals surface area (Å²) in [5.41, 5.74) is 3.06. The van der Waals surface area contributed by atoms with E-state index in [1.54, 1.807) is 30.2 Å². The summed E-state index contributed by atoms with van der Waals surface area (Å²) in [7, 11) is -0.307. The van der Waals surface area contributed by atoms with E-state index in [2.05, 4.69) is 5.32 Å². The van der Waals surface area contributed by atoms with E-state index in [1.165, 1.54) is 28.6 Å². The maximum atomic E-state index is 13.7. The Bertz CT molecular complexity index is 1760. The second kappa shape index (κ2) is 9.86. The summed E-state index contributed by atoms with van der Waals surface area (Å²) in [6, 6.07) is 16.8. The Morgan fingerprint density at radius 3 is 2.49 bits per heavy atom. The van der Waals surface area contributed by atoms with E-state index in [4.69, 9.17) is 4.74 Å². The van der Waals surface area contributed by atoms with Crippen LogP contribution in [0.2, 0.25) is 0 Å². The van der Waals surface area contributed by atoms with Crippen LogP contribution in [-0.4, -0.2) is 66.7 Å². The maximum absolute atomic E-state index is 13.7. The van der Waals surface area contributed by atoms with E-state index in [1.807, 2.05) is 42.8 Å². The Labute approximate surface area is 237 Å². The summed E-state index contributed by atoms with van der Waals surface area (Å²) in [5, 5.41) is 14.3. The van der Waals surface area contributed by atoms with Crippen LogP contribution < -0.4 is 10.1 Å². The van der Waals surface area contributed by atoms with E-state index in [9.17, 15) is 22.7 Å². The van der Waals surface area contributed by atoms with E-state index in [0.29, 0.717) is 11.4 Å². The lowest BCUT2D eigenvalue weighted by Crippen LogP contribution is -2.68. The third kappa shape index (κ3) is 4.35. The molecule has 0 unspecified atom stereocenters. The van der Waals surface area contributed by atoms with Gasteiger partial charge in [0.2, 0.25) is 10.0 Å². The van der Waals surface area contributed by atoms with Gasteiger partial charge in [0.15, 0.2) is 0 Å². The smallest absolute Gasteiger partial charge is 0.322 e. The number of fused-ring (bicyclic) bond motifs is 4. The van der Waals surface area contributed by atoms with Gasteiger partial charge in [-0.25, -0.2) is 17.6 Å². The van der Waals surface area contributed by atoms with Gasteiger partial charge < -0.3 is 24.6 Å². The van der Waals surface area contributed by atoms with Gasteiger partial charge in [0.25, 0.3) is 0 Å². The minimum atomic E-state index is -3.77. The Morgan fingerprint density at radius 2 is 1.83 bits per heavy atom. The number of methoxy groups -OCH3 is 1. The van der Waals surface area contributed by atoms with Crippen LogP contribution in [0.15, 0.2) is 71.6 Å². The number of aliphatic hydroxyl groups is 1. The Kier molecular flexibility index (Phi) is 6.55. The van der Waals surface area contributed by atoms with Crippen LogP contribution >= 0.6 is 0 Å². The molecular weight excluding hydrogens is 547 g/mol. The quantitative estimate of drug-likeness (QED) is 0.370. The fourth-order valence-electron chi connectivity index (χ4n) is 6.28. The van der Waals surface area contributed by atoms with Crippen LogP contribution in [0.1, 0.15) is 22.9 Å². The molecule has 4 aromatic rings. The highest BCUT2D eigenvalue weighted by Crippen LogP contribution is 2.50. The molecule has 11 heteroatoms. The number of ether oxygens (including phenoxy) is 1. The molecule has 3 aromatic carbocycles. The number of aromatic nitrogens is 1. The highest BCUT2D eigenvalue weighted by molar-refractivity contribution is 7.89. The molecule has 41 heavy (non-hydrogen) atoms. The van der Waals surface area contributed by atoms with Crippen molar-refractivity contribution in [2.45, 2.75) is 23.3 Å². The van der Waals surface area contributed by atoms with Crippen LogP contribution in [-0.2, 0) is 22.5 Å². The zero-order chi connectivity index (χ0) is 29.1. The molecule has 1 saturated heterocycles. The topological polar surface area (TPSA) is 104 Å². The van der Waals surface area contributed by atoms with Gasteiger partial charge in [0, 0.05) is 54.9 Å². The lowest BCUT2D eigenvalue weighted by Gasteiger charge is -2.55. The van der Waals surface area contributed by atoms with Gasteiger partial charge >= 0.3 is 6.03 Å². The minimum Gasteiger partial charge on any atom is -0.497 e. The fourth-order valence-corrected chi connectivity index (χ4v) is 8.00. The number of carbonyl (C=O) groups is 1. The number of urea groups is 1. The number of aryl methyl sites for hydroxylation is 2. The molecule has 1 atom stereocenters. The highest BCUT2D eigenvalue weighted by Gasteiger charge is 2.57. The van der Waals surface area contributed by atoms with Crippen molar-refractivity contribution in [1.29, 1.82) is 0 Å². The Hall–Kier alpha value is -3.93. The van der Waals surface area contributed by atoms with Crippen molar-refractivity contribution in [3.05, 3.63) is 89.4 Å². The number of hydrogen-bond acceptors (Lipinski definition) is 5. The first-order chi connectivity index (χ1) is 19.6. The highest BCUT2D eigenvalue weighted by atomic mass is 32.2. The van der Waals surface area contributed by atoms with Gasteiger partial charge in [-0.2, -0.15) is 4.31 Å². The van der Waals surface area contributed by atoms with Gasteiger partial charge in [-0.15, -0.1) is 0 Å². The third-order valence-electron chi connectivity index (χ3n) is 8.26. The largest absolute Gasteiger partial charge is 0.497 e. The van der Waals surface area contributed by atoms with Crippen LogP contribution in [0.5, 0.6) is 5.75 Å². The van der Waals surface area contributed by atoms with Crippen molar-refractivity contribution >= 4 is 32.6 Å². The molecule has 214 valence electrons. The number of nitrogens with zero attached hydrogens (tertiary/aromatic N) is 3. The molecule has 2 aliphatic rings. The molecule has 0 aliphatic carbocycles. The number of hydrogen-bond donors (Lipinski definition) is 2. The van der Waals surface area contributed by atoms with Crippen molar-refractivity contribution in [2.24, 2.45) is 7.05 Å². The van der Waals surface area contributed by atoms with Gasteiger partial charge in [-0.1, -0.05) is 12.1 Å². The predicted molar refractivity (Wildman–Crippen MR) is 153 cm³/mol. The molecule has 3 heterocycles. The number of anilines is 1. The van der Waals surface area contributed by atoms with Gasteiger partial charge in [0.1, 0.15) is 11.6 Å². The maximum Gasteiger partial charge on any atom is 0.322 e. The lowest BCUT2D eigenvalue weighted by atomic mass is 9.70. The normalized spacial score (nSPS) is 18.3. The second-order valence-corrected chi connectivity index (χ2v) is 12.8. The first-order valence-electron chi connectivity index (χ1n) is 13.3. The molecule has 0 bridgehead atoms. The number of nitrogens with one attached hydrogen (secondary N) is 1. The number of sulfonamides is 1. The molecule has 2 amide bonds. The van der Waals surface area contributed by atoms with Crippen molar-refractivity contribution in [1.82, 2.24) is 13.8 Å². The Balaban J connectivity index is 1.44. The zero-order valence-corrected chi connectivity index (χ0v) is 23.8. The van der Waals surface area contributed by atoms with Crippen molar-refractivity contribution in [3.8, 4) is 5.75 Å². The van der Waals surface area contributed by atoms with Crippen LogP contribution in [0.3, 0.4) is 0 Å². The molecule has 6 rings (SSSR count). The molecule has 1 fully saturated rings. The lowest BCUT2D eigenvalue weighted by molar-refractivity contribution is 0.0535. The average molecular weight is 579 g/mol. The van der Waals surface area contributed by atoms with Crippen LogP contribution in [0.25, 0.3) is 10.9 Å². The molecule has 1 aromatic heterocycles. The first-order valence-corrected chi connectivity index (χ1v) is 14.7. The van der Waals surface area contributed by atoms with Crippen molar-refractivity contribution in [3.63, 3.8) is 0 Å². The van der Waals surface area contributed by atoms with Gasteiger partial charge in [0.05, 0.1) is 30.2 Å². The van der Waals surface area contributed by atoms with Crippen LogP contribution in [0.4, 0.5) is 14.9 Å². The SMILES string of the molecule is COc1ccc2c3c(n(C)c2c1)[C@@H](CO)N(C(=O)Nc1ccc(F)cc1)CC31CN(S(=O)(=O)c2cccc(C)c2)C1. The molecular formula is C30H31FN4O5S. The summed E-state index contributed by atoms with van der Waals surface area (Å²) in [5.74, 6) is 0.237. The summed E-state index contributed by atoms with van der Waals surface area (Å²) < 4.78 is 49.5. The molecule has 2 aliphatic heterocycles. The number of aliphatic hydroxyl groups excluding tert-OH is 1. The molecule has 1 spiro atoms. The zero-order valence-electron chi connectivity index (χ0n) is 23.0. The van der Waals surface area contributed by atoms with Gasteiger partial charge in [-0.3, -0.25) is 0 Å². The minimum absolute atomic E-state index is 0.167. The standard InChI is InChI=1S/C30H31FN4O5S/c1-19-5-4-6-23(13-19)41(38,39)34-16-30(17-34)18-35(29(37)32-21-9-7-20(31)8-10-21)26(15-36)28-27(30)24-12-11-22(40-3)14-25(24)33(28)2/h4-14,26,36H,15-18H2,1-3H3,(H,32,37)/t26-/m1/s1. The molecule has 0 saturated carbocycles.